The van der Waals surface area contributed by atoms with Crippen LogP contribution < -0.4 is 0 Å². The van der Waals surface area contributed by atoms with Gasteiger partial charge in [-0.15, -0.1) is 0 Å². The van der Waals surface area contributed by atoms with Crippen molar-refractivity contribution in [1.82, 2.24) is 0 Å². The van der Waals surface area contributed by atoms with Gasteiger partial charge in [0.1, 0.15) is 0 Å². The number of benzene rings is 5. The van der Waals surface area contributed by atoms with Crippen molar-refractivity contribution in [3.8, 4) is 11.1 Å². The second-order valence-corrected chi connectivity index (χ2v) is 11.2. The Labute approximate surface area is 228 Å². The zero-order valence-corrected chi connectivity index (χ0v) is 23.2. The lowest BCUT2D eigenvalue weighted by atomic mass is 9.83. The Morgan fingerprint density at radius 3 is 1.82 bits per heavy atom. The van der Waals surface area contributed by atoms with Crippen LogP contribution in [0.25, 0.3) is 21.9 Å². The molecule has 0 bridgehead atoms. The van der Waals surface area contributed by atoms with Gasteiger partial charge in [-0.25, -0.2) is 0 Å². The largest absolute Gasteiger partial charge is 0.274 e. The van der Waals surface area contributed by atoms with Crippen LogP contribution in [0.1, 0.15) is 61.3 Å². The molecule has 0 heterocycles. The molecule has 1 nitrogen and oxygen atoms in total. The van der Waals surface area contributed by atoms with E-state index in [1.54, 1.807) is 0 Å². The molecule has 5 rings (SSSR count). The van der Waals surface area contributed by atoms with Crippen LogP contribution in [-0.2, 0) is 16.1 Å². The van der Waals surface area contributed by atoms with Gasteiger partial charge in [-0.1, -0.05) is 123 Å². The van der Waals surface area contributed by atoms with Crippen LogP contribution >= 0.6 is 8.46 Å². The van der Waals surface area contributed by atoms with Gasteiger partial charge in [-0.05, 0) is 82.0 Å². The van der Waals surface area contributed by atoms with Crippen molar-refractivity contribution >= 4 is 19.2 Å². The van der Waals surface area contributed by atoms with Gasteiger partial charge in [0.25, 0.3) is 0 Å². The number of fused-ring (bicyclic) bond motifs is 1. The van der Waals surface area contributed by atoms with Crippen molar-refractivity contribution < 1.29 is 4.57 Å². The Hall–Kier alpha value is -3.54. The molecule has 1 atom stereocenters. The fourth-order valence-corrected chi connectivity index (χ4v) is 6.28. The van der Waals surface area contributed by atoms with Gasteiger partial charge in [0.15, 0.2) is 8.46 Å². The lowest BCUT2D eigenvalue weighted by Crippen LogP contribution is -2.17. The molecule has 5 aromatic carbocycles. The summed E-state index contributed by atoms with van der Waals surface area (Å²) in [7, 11) is 0.184. The molecular formula is C36H35OP. The van der Waals surface area contributed by atoms with Crippen molar-refractivity contribution in [3.63, 3.8) is 0 Å². The summed E-state index contributed by atoms with van der Waals surface area (Å²) in [5.41, 5.74) is 7.59. The number of hydrogen-bond acceptors (Lipinski definition) is 1. The van der Waals surface area contributed by atoms with E-state index in [2.05, 4.69) is 135 Å². The molecule has 1 unspecified atom stereocenters. The predicted octanol–water partition coefficient (Wildman–Crippen LogP) is 10.6. The Balaban J connectivity index is 1.55. The van der Waals surface area contributed by atoms with E-state index in [-0.39, 0.29) is 13.6 Å². The van der Waals surface area contributed by atoms with E-state index >= 15 is 0 Å². The fourth-order valence-electron chi connectivity index (χ4n) is 5.74. The summed E-state index contributed by atoms with van der Waals surface area (Å²) in [6.07, 6.45) is 3.74. The summed E-state index contributed by atoms with van der Waals surface area (Å²) in [4.78, 5) is 0. The molecule has 0 aromatic heterocycles. The van der Waals surface area contributed by atoms with Crippen molar-refractivity contribution in [2.24, 2.45) is 0 Å². The minimum Gasteiger partial charge on any atom is -0.274 e. The Kier molecular flexibility index (Phi) is 8.16. The number of rotatable bonds is 10. The highest BCUT2D eigenvalue weighted by Gasteiger charge is 2.32. The maximum atomic E-state index is 12.6. The van der Waals surface area contributed by atoms with Crippen LogP contribution in [0, 0.1) is 0 Å². The third-order valence-corrected chi connectivity index (χ3v) is 9.35. The van der Waals surface area contributed by atoms with Crippen LogP contribution in [0.5, 0.6) is 0 Å². The topological polar surface area (TPSA) is 17.1 Å². The average Bonchev–Trinajstić information content (AvgIpc) is 2.99. The summed E-state index contributed by atoms with van der Waals surface area (Å²) >= 11 is 0. The first-order chi connectivity index (χ1) is 18.7. The molecule has 0 radical (unpaired) electrons. The first-order valence-electron chi connectivity index (χ1n) is 13.7. The van der Waals surface area contributed by atoms with Crippen LogP contribution in [-0.4, -0.2) is 0 Å². The Morgan fingerprint density at radius 1 is 0.658 bits per heavy atom. The first-order valence-corrected chi connectivity index (χ1v) is 14.6. The summed E-state index contributed by atoms with van der Waals surface area (Å²) in [6.45, 7) is 4.29. The van der Waals surface area contributed by atoms with Crippen molar-refractivity contribution in [2.45, 2.75) is 50.6 Å². The quantitative estimate of drug-likeness (QED) is 0.169. The van der Waals surface area contributed by atoms with Gasteiger partial charge >= 0.3 is 0 Å². The van der Waals surface area contributed by atoms with Gasteiger partial charge in [0.05, 0.1) is 5.16 Å². The van der Waals surface area contributed by atoms with E-state index in [1.165, 1.54) is 44.2 Å². The van der Waals surface area contributed by atoms with Gasteiger partial charge in [0, 0.05) is 5.92 Å². The fraction of sp³-hybridized carbons (Fsp3) is 0.222. The van der Waals surface area contributed by atoms with E-state index < -0.39 is 0 Å². The first kappa shape index (κ1) is 26.1. The highest BCUT2D eigenvalue weighted by atomic mass is 31.1. The van der Waals surface area contributed by atoms with E-state index in [0.717, 1.165) is 25.7 Å². The zero-order chi connectivity index (χ0) is 26.4. The highest BCUT2D eigenvalue weighted by molar-refractivity contribution is 7.25. The third-order valence-electron chi connectivity index (χ3n) is 8.12. The monoisotopic (exact) mass is 514 g/mol. The van der Waals surface area contributed by atoms with E-state index in [4.69, 9.17) is 0 Å². The Bertz CT molecular complexity index is 1490. The van der Waals surface area contributed by atoms with Crippen LogP contribution in [0.3, 0.4) is 0 Å². The molecule has 0 amide bonds. The van der Waals surface area contributed by atoms with Crippen molar-refractivity contribution in [2.75, 3.05) is 0 Å². The second kappa shape index (κ2) is 11.9. The van der Waals surface area contributed by atoms with Crippen LogP contribution in [0.15, 0.2) is 121 Å². The lowest BCUT2D eigenvalue weighted by molar-refractivity contribution is 0.523. The molecule has 2 heteroatoms. The van der Waals surface area contributed by atoms with Gasteiger partial charge in [0.2, 0.25) is 0 Å². The third kappa shape index (κ3) is 5.35. The maximum Gasteiger partial charge on any atom is 0.166 e. The van der Waals surface area contributed by atoms with Crippen LogP contribution in [0.4, 0.5) is 0 Å². The van der Waals surface area contributed by atoms with Crippen molar-refractivity contribution in [1.29, 1.82) is 0 Å². The van der Waals surface area contributed by atoms with Crippen molar-refractivity contribution in [3.05, 3.63) is 144 Å². The summed E-state index contributed by atoms with van der Waals surface area (Å²) < 4.78 is 12.6. The van der Waals surface area contributed by atoms with Gasteiger partial charge in [-0.3, -0.25) is 4.57 Å². The summed E-state index contributed by atoms with van der Waals surface area (Å²) in [5, 5.41) is 2.02. The smallest absolute Gasteiger partial charge is 0.166 e. The van der Waals surface area contributed by atoms with Crippen LogP contribution in [0.2, 0.25) is 0 Å². The normalized spacial score (nSPS) is 12.6. The second-order valence-electron chi connectivity index (χ2n) is 10.2. The molecule has 0 aliphatic carbocycles. The molecule has 38 heavy (non-hydrogen) atoms. The molecule has 0 aliphatic heterocycles. The van der Waals surface area contributed by atoms with E-state index in [0.29, 0.717) is 5.92 Å². The maximum absolute atomic E-state index is 12.6. The average molecular weight is 515 g/mol. The van der Waals surface area contributed by atoms with E-state index in [1.807, 2.05) is 0 Å². The predicted molar refractivity (Wildman–Crippen MR) is 162 cm³/mol. The molecule has 0 fully saturated rings. The minimum atomic E-state index is -0.389. The SMILES string of the molecule is CCC(CC)(P=O)c1cc2ccccc2cc1-c1ccc(C(CCc2ccccc2)c2ccccc2)cc1. The lowest BCUT2D eigenvalue weighted by Gasteiger charge is -2.28. The molecule has 5 aromatic rings. The van der Waals surface area contributed by atoms with Gasteiger partial charge in [-0.2, -0.15) is 0 Å². The molecule has 0 aliphatic rings. The number of hydrogen-bond donors (Lipinski definition) is 0. The summed E-state index contributed by atoms with van der Waals surface area (Å²) in [5.74, 6) is 0.326. The highest BCUT2D eigenvalue weighted by Crippen LogP contribution is 2.47. The molecule has 0 saturated carbocycles. The molecule has 0 spiro atoms. The molecular weight excluding hydrogens is 479 g/mol. The molecule has 0 N–H and O–H groups in total. The zero-order valence-electron chi connectivity index (χ0n) is 22.3. The number of aryl methyl sites for hydroxylation is 1. The summed E-state index contributed by atoms with van der Waals surface area (Å²) in [6, 6.07) is 43.8. The van der Waals surface area contributed by atoms with E-state index in [9.17, 15) is 4.57 Å². The molecule has 190 valence electrons. The van der Waals surface area contributed by atoms with Gasteiger partial charge < -0.3 is 0 Å². The standard InChI is InChI=1S/C36H35OP/c1-3-36(4-2,38-37)35-26-32-18-12-11-17-31(32)25-34(35)30-22-20-29(21-23-30)33(28-15-9-6-10-16-28)24-19-27-13-7-5-8-14-27/h5-18,20-23,25-26,33H,3-4,19,24H2,1-2H3. The molecule has 0 saturated heterocycles. The Morgan fingerprint density at radius 2 is 1.21 bits per heavy atom. The minimum absolute atomic E-state index is 0.184.